The Balaban J connectivity index is 1.76. The molecule has 128 valence electrons. The fraction of sp³-hybridized carbons (Fsp3) is 0.650. The number of carbonyl (C=O) groups excluding carboxylic acids is 1. The van der Waals surface area contributed by atoms with Crippen molar-refractivity contribution in [1.29, 1.82) is 0 Å². The average Bonchev–Trinajstić information content (AvgIpc) is 2.51. The third-order valence-electron chi connectivity index (χ3n) is 4.98. The summed E-state index contributed by atoms with van der Waals surface area (Å²) in [5.41, 5.74) is 3.01. The highest BCUT2D eigenvalue weighted by atomic mass is 16.1. The molecule has 1 heterocycles. The summed E-state index contributed by atoms with van der Waals surface area (Å²) in [4.78, 5) is 12.1. The van der Waals surface area contributed by atoms with Gasteiger partial charge in [0.15, 0.2) is 0 Å². The number of rotatable bonds is 5. The number of benzene rings is 1. The van der Waals surface area contributed by atoms with Crippen LogP contribution in [0.2, 0.25) is 0 Å². The van der Waals surface area contributed by atoms with E-state index in [1.165, 1.54) is 11.1 Å². The molecule has 0 bridgehead atoms. The van der Waals surface area contributed by atoms with Gasteiger partial charge in [-0.05, 0) is 54.3 Å². The van der Waals surface area contributed by atoms with Crippen LogP contribution in [0.15, 0.2) is 24.3 Å². The van der Waals surface area contributed by atoms with Crippen LogP contribution in [0.3, 0.4) is 0 Å². The van der Waals surface area contributed by atoms with Crippen molar-refractivity contribution in [3.63, 3.8) is 0 Å². The van der Waals surface area contributed by atoms with Gasteiger partial charge < -0.3 is 10.6 Å². The van der Waals surface area contributed by atoms with E-state index in [0.29, 0.717) is 6.42 Å². The third-order valence-corrected chi connectivity index (χ3v) is 4.98. The van der Waals surface area contributed by atoms with Gasteiger partial charge in [0.1, 0.15) is 0 Å². The van der Waals surface area contributed by atoms with Gasteiger partial charge in [0.05, 0.1) is 0 Å². The van der Waals surface area contributed by atoms with Crippen LogP contribution in [-0.2, 0) is 16.6 Å². The van der Waals surface area contributed by atoms with Gasteiger partial charge in [0, 0.05) is 13.0 Å². The predicted molar refractivity (Wildman–Crippen MR) is 96.7 cm³/mol. The van der Waals surface area contributed by atoms with E-state index in [1.54, 1.807) is 0 Å². The van der Waals surface area contributed by atoms with E-state index in [4.69, 9.17) is 0 Å². The lowest BCUT2D eigenvalue weighted by atomic mass is 9.81. The maximum Gasteiger partial charge on any atom is 0.220 e. The molecular formula is C20H32N2O. The highest BCUT2D eigenvalue weighted by molar-refractivity contribution is 5.76. The number of amides is 1. The van der Waals surface area contributed by atoms with Crippen LogP contribution in [0.5, 0.6) is 0 Å². The van der Waals surface area contributed by atoms with Gasteiger partial charge >= 0.3 is 0 Å². The van der Waals surface area contributed by atoms with Gasteiger partial charge in [-0.3, -0.25) is 4.79 Å². The number of aryl methyl sites for hydroxylation is 1. The maximum atomic E-state index is 12.1. The lowest BCUT2D eigenvalue weighted by molar-refractivity contribution is -0.121. The number of piperidine rings is 1. The van der Waals surface area contributed by atoms with Gasteiger partial charge in [-0.1, -0.05) is 52.0 Å². The summed E-state index contributed by atoms with van der Waals surface area (Å²) >= 11 is 0. The van der Waals surface area contributed by atoms with E-state index in [1.807, 2.05) is 0 Å². The third kappa shape index (κ3) is 5.65. The van der Waals surface area contributed by atoms with Crippen LogP contribution in [0, 0.1) is 5.41 Å². The Bertz CT molecular complexity index is 507. The summed E-state index contributed by atoms with van der Waals surface area (Å²) in [6.07, 6.45) is 3.67. The minimum Gasteiger partial charge on any atom is -0.356 e. The molecule has 0 unspecified atom stereocenters. The first-order valence-corrected chi connectivity index (χ1v) is 8.85. The monoisotopic (exact) mass is 316 g/mol. The molecular weight excluding hydrogens is 284 g/mol. The van der Waals surface area contributed by atoms with Crippen molar-refractivity contribution in [3.05, 3.63) is 35.4 Å². The summed E-state index contributed by atoms with van der Waals surface area (Å²) in [5, 5.41) is 6.51. The van der Waals surface area contributed by atoms with Gasteiger partial charge in [0.2, 0.25) is 5.91 Å². The van der Waals surface area contributed by atoms with E-state index < -0.39 is 0 Å². The van der Waals surface area contributed by atoms with Crippen LogP contribution in [0.4, 0.5) is 0 Å². The minimum absolute atomic E-state index is 0.171. The predicted octanol–water partition coefficient (Wildman–Crippen LogP) is 3.42. The van der Waals surface area contributed by atoms with Gasteiger partial charge in [-0.2, -0.15) is 0 Å². The average molecular weight is 316 g/mol. The van der Waals surface area contributed by atoms with Crippen LogP contribution in [0.1, 0.15) is 58.1 Å². The second-order valence-corrected chi connectivity index (χ2v) is 8.28. The second kappa shape index (κ2) is 7.48. The Labute approximate surface area is 141 Å². The lowest BCUT2D eigenvalue weighted by Gasteiger charge is -2.34. The molecule has 3 nitrogen and oxygen atoms in total. The Morgan fingerprint density at radius 2 is 1.78 bits per heavy atom. The standard InChI is InChI=1S/C20H32N2O/c1-19(2,3)17-8-5-16(6-9-17)7-10-18(23)22-15-20(4)11-13-21-14-12-20/h5-6,8-9,21H,7,10-15H2,1-4H3,(H,22,23). The minimum atomic E-state index is 0.171. The van der Waals surface area contributed by atoms with Crippen molar-refractivity contribution in [3.8, 4) is 0 Å². The number of hydrogen-bond acceptors (Lipinski definition) is 2. The van der Waals surface area contributed by atoms with Crippen molar-refractivity contribution in [2.75, 3.05) is 19.6 Å². The van der Waals surface area contributed by atoms with E-state index >= 15 is 0 Å². The molecule has 23 heavy (non-hydrogen) atoms. The Morgan fingerprint density at radius 1 is 1.17 bits per heavy atom. The highest BCUT2D eigenvalue weighted by Gasteiger charge is 2.26. The zero-order valence-corrected chi connectivity index (χ0v) is 15.2. The van der Waals surface area contributed by atoms with Gasteiger partial charge in [-0.15, -0.1) is 0 Å². The number of hydrogen-bond donors (Lipinski definition) is 2. The quantitative estimate of drug-likeness (QED) is 0.874. The van der Waals surface area contributed by atoms with Crippen molar-refractivity contribution in [1.82, 2.24) is 10.6 Å². The first kappa shape index (κ1) is 18.0. The molecule has 2 rings (SSSR count). The molecule has 1 aliphatic rings. The zero-order valence-electron chi connectivity index (χ0n) is 15.2. The fourth-order valence-corrected chi connectivity index (χ4v) is 3.04. The molecule has 1 aromatic carbocycles. The Kier molecular flexibility index (Phi) is 5.85. The van der Waals surface area contributed by atoms with Crippen molar-refractivity contribution >= 4 is 5.91 Å². The Hall–Kier alpha value is -1.35. The number of carbonyl (C=O) groups is 1. The molecule has 1 aliphatic heterocycles. The molecule has 2 N–H and O–H groups in total. The van der Waals surface area contributed by atoms with Crippen molar-refractivity contribution < 1.29 is 4.79 Å². The first-order chi connectivity index (χ1) is 10.8. The summed E-state index contributed by atoms with van der Waals surface area (Å²) in [7, 11) is 0. The van der Waals surface area contributed by atoms with Gasteiger partial charge in [-0.25, -0.2) is 0 Å². The molecule has 0 atom stereocenters. The van der Waals surface area contributed by atoms with Crippen LogP contribution < -0.4 is 10.6 Å². The van der Waals surface area contributed by atoms with E-state index in [2.05, 4.69) is 62.6 Å². The summed E-state index contributed by atoms with van der Waals surface area (Å²) in [5.74, 6) is 0.171. The first-order valence-electron chi connectivity index (χ1n) is 8.85. The molecule has 0 saturated carbocycles. The van der Waals surface area contributed by atoms with Gasteiger partial charge in [0.25, 0.3) is 0 Å². The normalized spacial score (nSPS) is 17.7. The largest absolute Gasteiger partial charge is 0.356 e. The van der Waals surface area contributed by atoms with Crippen molar-refractivity contribution in [2.24, 2.45) is 5.41 Å². The molecule has 0 aliphatic carbocycles. The summed E-state index contributed by atoms with van der Waals surface area (Å²) in [6, 6.07) is 8.68. The molecule has 3 heteroatoms. The SMILES string of the molecule is CC1(CNC(=O)CCc2ccc(C(C)(C)C)cc2)CCNCC1. The van der Waals surface area contributed by atoms with Crippen LogP contribution in [-0.4, -0.2) is 25.5 Å². The molecule has 0 radical (unpaired) electrons. The molecule has 0 spiro atoms. The molecule has 1 aromatic rings. The van der Waals surface area contributed by atoms with E-state index in [-0.39, 0.29) is 16.7 Å². The maximum absolute atomic E-state index is 12.1. The van der Waals surface area contributed by atoms with Crippen LogP contribution in [0.25, 0.3) is 0 Å². The van der Waals surface area contributed by atoms with Crippen LogP contribution >= 0.6 is 0 Å². The number of nitrogens with one attached hydrogen (secondary N) is 2. The molecule has 0 aromatic heterocycles. The molecule has 1 saturated heterocycles. The van der Waals surface area contributed by atoms with E-state index in [0.717, 1.165) is 38.9 Å². The zero-order chi connectivity index (χ0) is 16.9. The second-order valence-electron chi connectivity index (χ2n) is 8.28. The molecule has 1 fully saturated rings. The smallest absolute Gasteiger partial charge is 0.220 e. The van der Waals surface area contributed by atoms with E-state index in [9.17, 15) is 4.79 Å². The van der Waals surface area contributed by atoms with Crippen molar-refractivity contribution in [2.45, 2.75) is 58.8 Å². The highest BCUT2D eigenvalue weighted by Crippen LogP contribution is 2.26. The molecule has 1 amide bonds. The Morgan fingerprint density at radius 3 is 2.35 bits per heavy atom. The summed E-state index contributed by atoms with van der Waals surface area (Å²) in [6.45, 7) is 11.9. The summed E-state index contributed by atoms with van der Waals surface area (Å²) < 4.78 is 0. The fourth-order valence-electron chi connectivity index (χ4n) is 3.04. The topological polar surface area (TPSA) is 41.1 Å². The lowest BCUT2D eigenvalue weighted by Crippen LogP contribution is -2.42.